The minimum absolute atomic E-state index is 0.0683. The number of pyridine rings is 2. The zero-order valence-electron chi connectivity index (χ0n) is 79.8. The van der Waals surface area contributed by atoms with E-state index in [2.05, 4.69) is 294 Å². The predicted octanol–water partition coefficient (Wildman–Crippen LogP) is 37.1. The van der Waals surface area contributed by atoms with Gasteiger partial charge in [0.15, 0.2) is 0 Å². The van der Waals surface area contributed by atoms with E-state index in [1.807, 2.05) is 24.8 Å². The van der Waals surface area contributed by atoms with Gasteiger partial charge in [0, 0.05) is 35.6 Å². The molecule has 0 aliphatic heterocycles. The van der Waals surface area contributed by atoms with Gasteiger partial charge in [-0.3, -0.25) is 9.97 Å². The smallest absolute Gasteiger partial charge is 0.265 e. The first-order chi connectivity index (χ1) is 64.2. The molecule has 130 heavy (non-hydrogen) atoms. The van der Waals surface area contributed by atoms with E-state index < -0.39 is 0 Å². The number of hydrogen-bond acceptors (Lipinski definition) is 4. The van der Waals surface area contributed by atoms with Crippen molar-refractivity contribution in [3.8, 4) is 100 Å². The van der Waals surface area contributed by atoms with Crippen molar-refractivity contribution in [3.63, 3.8) is 0 Å². The van der Waals surface area contributed by atoms with Crippen LogP contribution >= 0.6 is 0 Å². The van der Waals surface area contributed by atoms with Gasteiger partial charge in [-0.15, -0.1) is 0 Å². The molecule has 0 spiro atoms. The third-order valence-electron chi connectivity index (χ3n) is 30.2. The molecule has 3 aliphatic rings. The Morgan fingerprint density at radius 1 is 0.208 bits per heavy atom. The maximum absolute atomic E-state index is 5.26. The molecule has 3 aliphatic carbocycles. The molecule has 3 aromatic heterocycles. The summed E-state index contributed by atoms with van der Waals surface area (Å²) in [7, 11) is 0. The van der Waals surface area contributed by atoms with E-state index in [0.717, 1.165) is 47.8 Å². The van der Waals surface area contributed by atoms with Crippen LogP contribution in [0.3, 0.4) is 0 Å². The standard InChI is InChI=1S/C125H146N4Se/c1-7-13-19-25-31-43-75-123(76-44-32-26-20-14-8-2)115-87-97(95-49-39-37-40-50-95)57-63-107(115)108-64-58-98(88-116(108)123)99-59-65-109-111-67-61-103(91-119(111)124(117(109)89-99,77-45-33-27-21-15-9-3)78-46-34-28-22-16-10-4)113-85-101(56-54-94-73-83-127-84-74-94)114(86-100(113)55-53-93-71-81-126-82-72-93)104-62-68-112-110-66-60-102(106-70-69-105(96-51-41-38-42-52-96)121-122(106)129-130-128-121)90-118(110)125(120(112)92-104,79-47-35-29-23-17-11-5)80-48-36-30-24-18-12-6/h37-42,49-74,81-92H,7-36,43-48,75-80H2,1-6H3/b55-53+,56-54+. The second-order valence-corrected chi connectivity index (χ2v) is 40.1. The van der Waals surface area contributed by atoms with Gasteiger partial charge >= 0.3 is 250 Å². The van der Waals surface area contributed by atoms with Crippen LogP contribution in [0, 0.1) is 0 Å². The average Bonchev–Trinajstić information content (AvgIpc) is 1.57. The Bertz CT molecular complexity index is 5820. The fourth-order valence-corrected chi connectivity index (χ4v) is 24.3. The number of benzene rings is 10. The van der Waals surface area contributed by atoms with Crippen LogP contribution in [0.4, 0.5) is 0 Å². The molecule has 5 heteroatoms. The number of unbranched alkanes of at least 4 members (excludes halogenated alkanes) is 30. The van der Waals surface area contributed by atoms with Crippen LogP contribution in [0.25, 0.3) is 135 Å². The van der Waals surface area contributed by atoms with Crippen molar-refractivity contribution in [1.82, 2.24) is 17.9 Å². The molecule has 0 radical (unpaired) electrons. The number of aromatic nitrogens is 4. The number of fused-ring (bicyclic) bond motifs is 10. The molecular formula is C125H146N4Se. The Labute approximate surface area is 788 Å². The van der Waals surface area contributed by atoms with Gasteiger partial charge in [0.2, 0.25) is 0 Å². The van der Waals surface area contributed by atoms with Crippen molar-refractivity contribution in [1.29, 1.82) is 0 Å². The van der Waals surface area contributed by atoms with E-state index >= 15 is 0 Å². The molecule has 0 atom stereocenters. The van der Waals surface area contributed by atoms with Crippen LogP contribution < -0.4 is 0 Å². The topological polar surface area (TPSA) is 51.6 Å². The molecule has 0 bridgehead atoms. The first-order valence-electron chi connectivity index (χ1n) is 51.8. The molecule has 4 nitrogen and oxygen atoms in total. The summed E-state index contributed by atoms with van der Waals surface area (Å²) in [4.78, 5) is 9.07. The van der Waals surface area contributed by atoms with Gasteiger partial charge in [0.05, 0.1) is 0 Å². The first-order valence-corrected chi connectivity index (χ1v) is 53.4. The molecule has 0 amide bonds. The van der Waals surface area contributed by atoms with Crippen LogP contribution in [-0.2, 0) is 16.2 Å². The van der Waals surface area contributed by atoms with Gasteiger partial charge in [-0.25, -0.2) is 0 Å². The zero-order valence-corrected chi connectivity index (χ0v) is 81.5. The molecule has 0 saturated heterocycles. The second-order valence-electron chi connectivity index (χ2n) is 39.0. The van der Waals surface area contributed by atoms with Gasteiger partial charge in [0.1, 0.15) is 0 Å². The Morgan fingerprint density at radius 3 is 0.746 bits per heavy atom. The summed E-state index contributed by atoms with van der Waals surface area (Å²) in [5, 5.41) is 0. The zero-order chi connectivity index (χ0) is 89.2. The maximum atomic E-state index is 5.26. The van der Waals surface area contributed by atoms with Gasteiger partial charge in [-0.1, -0.05) is 324 Å². The van der Waals surface area contributed by atoms with Gasteiger partial charge in [0.25, 0.3) is 0 Å². The Morgan fingerprint density at radius 2 is 0.446 bits per heavy atom. The molecule has 0 saturated carbocycles. The molecular weight excluding hydrogens is 1640 g/mol. The van der Waals surface area contributed by atoms with Crippen LogP contribution in [0.2, 0.25) is 0 Å². The minimum Gasteiger partial charge on any atom is -0.265 e. The first kappa shape index (κ1) is 93.3. The summed E-state index contributed by atoms with van der Waals surface area (Å²) in [5.41, 5.74) is 39.4. The van der Waals surface area contributed by atoms with E-state index in [-0.39, 0.29) is 31.2 Å². The third-order valence-corrected chi connectivity index (χ3v) is 31.4. The molecule has 16 rings (SSSR count). The molecule has 0 fully saturated rings. The minimum atomic E-state index is -0.199. The second kappa shape index (κ2) is 46.5. The van der Waals surface area contributed by atoms with Crippen molar-refractivity contribution in [2.75, 3.05) is 0 Å². The summed E-state index contributed by atoms with van der Waals surface area (Å²) < 4.78 is 10.4. The normalized spacial score (nSPS) is 13.6. The van der Waals surface area contributed by atoms with Crippen LogP contribution in [0.15, 0.2) is 243 Å². The fraction of sp³-hybridized carbons (Fsp3) is 0.408. The van der Waals surface area contributed by atoms with Crippen LogP contribution in [-0.4, -0.2) is 32.9 Å². The predicted molar refractivity (Wildman–Crippen MR) is 562 cm³/mol. The van der Waals surface area contributed by atoms with Crippen molar-refractivity contribution in [3.05, 3.63) is 299 Å². The van der Waals surface area contributed by atoms with E-state index in [1.54, 1.807) is 16.7 Å². The van der Waals surface area contributed by atoms with Crippen LogP contribution in [0.1, 0.15) is 367 Å². The van der Waals surface area contributed by atoms with Crippen molar-refractivity contribution >= 4 is 50.3 Å². The van der Waals surface area contributed by atoms with Crippen molar-refractivity contribution < 1.29 is 0 Å². The molecule has 10 aromatic carbocycles. The molecule has 13 aromatic rings. The molecule has 0 unspecified atom stereocenters. The van der Waals surface area contributed by atoms with Gasteiger partial charge in [-0.2, -0.15) is 0 Å². The SMILES string of the molecule is CCCCCCCCC1(CCCCCCCC)c2cc(-c3ccccc3)ccc2-c2ccc(-c3ccc4c(c3)C(CCCCCCCC)(CCCCCCCC)c3cc(-c5cc(/C=C/c6ccncc6)c(-c6ccc7c(c6)C(CCCCCCCC)(CCCCCCCC)c6cc(-c8ccc(-c9ccccc9)c9n[se]nc89)ccc6-7)cc5/C=C/c5ccncc5)ccc3-4)cc21. The summed E-state index contributed by atoms with van der Waals surface area (Å²) in [6.07, 6.45) is 70.2. The average molecular weight is 1780 g/mol. The summed E-state index contributed by atoms with van der Waals surface area (Å²) in [6.45, 7) is 14.1. The van der Waals surface area contributed by atoms with Crippen molar-refractivity contribution in [2.45, 2.75) is 327 Å². The summed E-state index contributed by atoms with van der Waals surface area (Å²) in [5.74, 6) is 0. The summed E-state index contributed by atoms with van der Waals surface area (Å²) in [6, 6.07) is 87.0. The van der Waals surface area contributed by atoms with Crippen LogP contribution in [0.5, 0.6) is 0 Å². The molecule has 0 N–H and O–H groups in total. The van der Waals surface area contributed by atoms with Gasteiger partial charge < -0.3 is 0 Å². The fourth-order valence-electron chi connectivity index (χ4n) is 23.1. The molecule has 672 valence electrons. The van der Waals surface area contributed by atoms with E-state index in [0.29, 0.717) is 0 Å². The molecule has 3 heterocycles. The number of nitrogens with zero attached hydrogens (tertiary/aromatic N) is 4. The van der Waals surface area contributed by atoms with E-state index in [4.69, 9.17) is 7.96 Å². The third kappa shape index (κ3) is 21.4. The van der Waals surface area contributed by atoms with Gasteiger partial charge in [-0.05, 0) is 175 Å². The Balaban J connectivity index is 0.851. The quantitative estimate of drug-likeness (QED) is 0.0282. The summed E-state index contributed by atoms with van der Waals surface area (Å²) >= 11 is -0.196. The Hall–Kier alpha value is -9.90. The van der Waals surface area contributed by atoms with Crippen molar-refractivity contribution in [2.24, 2.45) is 0 Å². The monoisotopic (exact) mass is 1780 g/mol. The Kier molecular flexibility index (Phi) is 33.4. The van der Waals surface area contributed by atoms with E-state index in [9.17, 15) is 0 Å². The number of rotatable bonds is 52. The van der Waals surface area contributed by atoms with E-state index in [1.165, 1.54) is 372 Å². The number of hydrogen-bond donors (Lipinski definition) is 0.